The van der Waals surface area contributed by atoms with Crippen molar-refractivity contribution < 1.29 is 4.74 Å². The minimum atomic E-state index is -0.00681. The lowest BCUT2D eigenvalue weighted by molar-refractivity contribution is 0.410. The quantitative estimate of drug-likeness (QED) is 0.918. The number of hydrogen-bond donors (Lipinski definition) is 1. The molecule has 0 saturated carbocycles. The van der Waals surface area contributed by atoms with E-state index in [9.17, 15) is 0 Å². The number of aryl methyl sites for hydroxylation is 1. The van der Waals surface area contributed by atoms with Crippen molar-refractivity contribution in [1.29, 1.82) is 0 Å². The molecule has 0 bridgehead atoms. The molecule has 1 aromatic carbocycles. The molecule has 0 aliphatic carbocycles. The van der Waals surface area contributed by atoms with Crippen LogP contribution in [0.3, 0.4) is 0 Å². The summed E-state index contributed by atoms with van der Waals surface area (Å²) in [5.41, 5.74) is 9.15. The van der Waals surface area contributed by atoms with Crippen molar-refractivity contribution in [3.05, 3.63) is 34.2 Å². The Bertz CT molecular complexity index is 534. The van der Waals surface area contributed by atoms with Gasteiger partial charge in [0.1, 0.15) is 10.8 Å². The van der Waals surface area contributed by atoms with E-state index in [-0.39, 0.29) is 6.04 Å². The van der Waals surface area contributed by atoms with Crippen molar-refractivity contribution in [1.82, 2.24) is 4.98 Å². The molecule has 1 heterocycles. The average Bonchev–Trinajstić information content (AvgIpc) is 2.87. The van der Waals surface area contributed by atoms with Crippen LogP contribution in [-0.2, 0) is 6.42 Å². The SMILES string of the molecule is CCc1cc(-c2csc(C(C)N)n2)ccc1OC. The van der Waals surface area contributed by atoms with Gasteiger partial charge in [-0.2, -0.15) is 0 Å². The Labute approximate surface area is 112 Å². The maximum Gasteiger partial charge on any atom is 0.122 e. The molecular weight excluding hydrogens is 244 g/mol. The van der Waals surface area contributed by atoms with E-state index in [4.69, 9.17) is 10.5 Å². The van der Waals surface area contributed by atoms with E-state index in [0.29, 0.717) is 0 Å². The Balaban J connectivity index is 2.38. The van der Waals surface area contributed by atoms with Gasteiger partial charge in [0.2, 0.25) is 0 Å². The molecule has 0 aliphatic rings. The number of benzene rings is 1. The zero-order valence-corrected chi connectivity index (χ0v) is 11.8. The molecule has 3 nitrogen and oxygen atoms in total. The second-order valence-corrected chi connectivity index (χ2v) is 5.13. The Hall–Kier alpha value is -1.39. The number of nitrogens with two attached hydrogens (primary N) is 1. The summed E-state index contributed by atoms with van der Waals surface area (Å²) in [5, 5.41) is 3.03. The maximum atomic E-state index is 5.83. The maximum absolute atomic E-state index is 5.83. The van der Waals surface area contributed by atoms with Gasteiger partial charge in [-0.25, -0.2) is 4.98 Å². The molecule has 0 radical (unpaired) electrons. The van der Waals surface area contributed by atoms with Crippen LogP contribution in [0.5, 0.6) is 5.75 Å². The third-order valence-electron chi connectivity index (χ3n) is 2.87. The van der Waals surface area contributed by atoms with Crippen molar-refractivity contribution in [2.24, 2.45) is 5.73 Å². The first-order valence-corrected chi connectivity index (χ1v) is 6.92. The molecule has 96 valence electrons. The zero-order valence-electron chi connectivity index (χ0n) is 10.9. The molecule has 0 spiro atoms. The van der Waals surface area contributed by atoms with E-state index in [1.165, 1.54) is 5.56 Å². The molecule has 18 heavy (non-hydrogen) atoms. The van der Waals surface area contributed by atoms with Crippen molar-refractivity contribution in [3.8, 4) is 17.0 Å². The van der Waals surface area contributed by atoms with Crippen LogP contribution in [0, 0.1) is 0 Å². The summed E-state index contributed by atoms with van der Waals surface area (Å²) in [6, 6.07) is 6.17. The molecule has 2 N–H and O–H groups in total. The molecule has 0 saturated heterocycles. The summed E-state index contributed by atoms with van der Waals surface area (Å²) in [6.07, 6.45) is 0.946. The van der Waals surface area contributed by atoms with E-state index >= 15 is 0 Å². The van der Waals surface area contributed by atoms with Gasteiger partial charge in [-0.3, -0.25) is 0 Å². The second-order valence-electron chi connectivity index (χ2n) is 4.24. The van der Waals surface area contributed by atoms with Crippen molar-refractivity contribution >= 4 is 11.3 Å². The zero-order chi connectivity index (χ0) is 13.1. The van der Waals surface area contributed by atoms with Crippen LogP contribution >= 0.6 is 11.3 Å². The van der Waals surface area contributed by atoms with E-state index in [1.54, 1.807) is 18.4 Å². The molecule has 1 atom stereocenters. The summed E-state index contributed by atoms with van der Waals surface area (Å²) in [7, 11) is 1.70. The van der Waals surface area contributed by atoms with E-state index < -0.39 is 0 Å². The van der Waals surface area contributed by atoms with Gasteiger partial charge in [-0.1, -0.05) is 6.92 Å². The topological polar surface area (TPSA) is 48.1 Å². The number of ether oxygens (including phenoxy) is 1. The summed E-state index contributed by atoms with van der Waals surface area (Å²) < 4.78 is 5.33. The lowest BCUT2D eigenvalue weighted by atomic mass is 10.1. The van der Waals surface area contributed by atoms with Gasteiger partial charge in [0.05, 0.1) is 18.8 Å². The van der Waals surface area contributed by atoms with Gasteiger partial charge >= 0.3 is 0 Å². The van der Waals surface area contributed by atoms with Crippen LogP contribution in [0.2, 0.25) is 0 Å². The number of methoxy groups -OCH3 is 1. The standard InChI is InChI=1S/C14H18N2OS/c1-4-10-7-11(5-6-13(10)17-3)12-8-18-14(16-12)9(2)15/h5-9H,4,15H2,1-3H3. The smallest absolute Gasteiger partial charge is 0.122 e. The first-order chi connectivity index (χ1) is 8.65. The third-order valence-corrected chi connectivity index (χ3v) is 3.91. The summed E-state index contributed by atoms with van der Waals surface area (Å²) in [6.45, 7) is 4.07. The first kappa shape index (κ1) is 13.1. The van der Waals surface area contributed by atoms with Crippen LogP contribution in [0.25, 0.3) is 11.3 Å². The molecule has 2 aromatic rings. The summed E-state index contributed by atoms with van der Waals surface area (Å²) >= 11 is 1.61. The Morgan fingerprint density at radius 1 is 1.44 bits per heavy atom. The first-order valence-electron chi connectivity index (χ1n) is 6.04. The molecule has 0 aliphatic heterocycles. The molecular formula is C14H18N2OS. The van der Waals surface area contributed by atoms with Crippen molar-refractivity contribution in [2.45, 2.75) is 26.3 Å². The number of hydrogen-bond acceptors (Lipinski definition) is 4. The number of thiazole rings is 1. The van der Waals surface area contributed by atoms with Crippen molar-refractivity contribution in [2.75, 3.05) is 7.11 Å². The fourth-order valence-corrected chi connectivity index (χ4v) is 2.63. The number of aromatic nitrogens is 1. The molecule has 1 unspecified atom stereocenters. The number of rotatable bonds is 4. The van der Waals surface area contributed by atoms with Crippen LogP contribution in [-0.4, -0.2) is 12.1 Å². The van der Waals surface area contributed by atoms with Crippen LogP contribution < -0.4 is 10.5 Å². The summed E-state index contributed by atoms with van der Waals surface area (Å²) in [4.78, 5) is 4.56. The highest BCUT2D eigenvalue weighted by Crippen LogP contribution is 2.29. The fourth-order valence-electron chi connectivity index (χ4n) is 1.84. The monoisotopic (exact) mass is 262 g/mol. The van der Waals surface area contributed by atoms with Crippen LogP contribution in [0.4, 0.5) is 0 Å². The molecule has 4 heteroatoms. The second kappa shape index (κ2) is 5.50. The minimum absolute atomic E-state index is 0.00681. The van der Waals surface area contributed by atoms with Gasteiger partial charge in [0.25, 0.3) is 0 Å². The highest BCUT2D eigenvalue weighted by atomic mass is 32.1. The van der Waals surface area contributed by atoms with Crippen molar-refractivity contribution in [3.63, 3.8) is 0 Å². The highest BCUT2D eigenvalue weighted by Gasteiger charge is 2.09. The van der Waals surface area contributed by atoms with Gasteiger partial charge in [0.15, 0.2) is 0 Å². The molecule has 1 aromatic heterocycles. The number of nitrogens with zero attached hydrogens (tertiary/aromatic N) is 1. The van der Waals surface area contributed by atoms with Crippen LogP contribution in [0.1, 0.15) is 30.5 Å². The van der Waals surface area contributed by atoms with Crippen LogP contribution in [0.15, 0.2) is 23.6 Å². The predicted octanol–water partition coefficient (Wildman–Crippen LogP) is 3.40. The van der Waals surface area contributed by atoms with Gasteiger partial charge in [0, 0.05) is 10.9 Å². The largest absolute Gasteiger partial charge is 0.496 e. The fraction of sp³-hybridized carbons (Fsp3) is 0.357. The Kier molecular flexibility index (Phi) is 3.99. The Morgan fingerprint density at radius 2 is 2.22 bits per heavy atom. The van der Waals surface area contributed by atoms with Gasteiger partial charge in [-0.05, 0) is 37.1 Å². The average molecular weight is 262 g/mol. The third kappa shape index (κ3) is 2.54. The lowest BCUT2D eigenvalue weighted by Crippen LogP contribution is -2.03. The van der Waals surface area contributed by atoms with Gasteiger partial charge < -0.3 is 10.5 Å². The molecule has 0 fully saturated rings. The minimum Gasteiger partial charge on any atom is -0.496 e. The van der Waals surface area contributed by atoms with E-state index in [0.717, 1.165) is 28.4 Å². The lowest BCUT2D eigenvalue weighted by Gasteiger charge is -2.08. The predicted molar refractivity (Wildman–Crippen MR) is 76.1 cm³/mol. The van der Waals surface area contributed by atoms with E-state index in [2.05, 4.69) is 23.4 Å². The van der Waals surface area contributed by atoms with E-state index in [1.807, 2.05) is 19.1 Å². The highest BCUT2D eigenvalue weighted by molar-refractivity contribution is 7.10. The summed E-state index contributed by atoms with van der Waals surface area (Å²) in [5.74, 6) is 0.934. The molecule has 2 rings (SSSR count). The molecule has 0 amide bonds. The Morgan fingerprint density at radius 3 is 2.78 bits per heavy atom. The normalized spacial score (nSPS) is 12.4. The van der Waals surface area contributed by atoms with Gasteiger partial charge in [-0.15, -0.1) is 11.3 Å².